The summed E-state index contributed by atoms with van der Waals surface area (Å²) in [4.78, 5) is 35.3. The highest BCUT2D eigenvalue weighted by Crippen LogP contribution is 2.18. The zero-order valence-electron chi connectivity index (χ0n) is 10.6. The summed E-state index contributed by atoms with van der Waals surface area (Å²) in [5, 5.41) is 11.1. The maximum absolute atomic E-state index is 11.5. The molecule has 1 aliphatic rings. The highest BCUT2D eigenvalue weighted by atomic mass is 16.4. The van der Waals surface area contributed by atoms with Gasteiger partial charge >= 0.3 is 5.97 Å². The van der Waals surface area contributed by atoms with Gasteiger partial charge < -0.3 is 9.52 Å². The van der Waals surface area contributed by atoms with Crippen molar-refractivity contribution in [2.24, 2.45) is 0 Å². The zero-order valence-corrected chi connectivity index (χ0v) is 10.6. The van der Waals surface area contributed by atoms with Gasteiger partial charge in [-0.25, -0.2) is 4.79 Å². The minimum absolute atomic E-state index is 0.0784. The third kappa shape index (κ3) is 2.65. The van der Waals surface area contributed by atoms with E-state index in [4.69, 9.17) is 9.52 Å². The first-order chi connectivity index (χ1) is 8.88. The number of carboxylic acids is 1. The second kappa shape index (κ2) is 4.85. The molecule has 1 aromatic heterocycles. The summed E-state index contributed by atoms with van der Waals surface area (Å²) in [5.41, 5.74) is 0.517. The number of carbonyl (C=O) groups is 3. The molecule has 0 aromatic carbocycles. The van der Waals surface area contributed by atoms with Gasteiger partial charge in [0.1, 0.15) is 5.76 Å². The third-order valence-corrected chi connectivity index (χ3v) is 3.06. The number of carbonyl (C=O) groups excluding carboxylic acids is 2. The van der Waals surface area contributed by atoms with E-state index in [9.17, 15) is 14.4 Å². The van der Waals surface area contributed by atoms with Crippen molar-refractivity contribution in [2.75, 3.05) is 6.54 Å². The molecule has 1 atom stereocenters. The number of hydrogen-bond donors (Lipinski definition) is 2. The van der Waals surface area contributed by atoms with E-state index >= 15 is 0 Å². The molecular formula is C12H14N2O5. The molecule has 2 amide bonds. The van der Waals surface area contributed by atoms with E-state index in [2.05, 4.69) is 5.32 Å². The molecule has 7 nitrogen and oxygen atoms in total. The molecule has 0 radical (unpaired) electrons. The molecule has 0 spiro atoms. The summed E-state index contributed by atoms with van der Waals surface area (Å²) in [6.07, 6.45) is 0. The van der Waals surface area contributed by atoms with E-state index in [1.807, 2.05) is 0 Å². The largest absolute Gasteiger partial charge is 0.475 e. The number of amides is 2. The van der Waals surface area contributed by atoms with Gasteiger partial charge in [0.2, 0.25) is 17.6 Å². The van der Waals surface area contributed by atoms with Gasteiger partial charge in [0.15, 0.2) is 0 Å². The van der Waals surface area contributed by atoms with Gasteiger partial charge in [0.25, 0.3) is 0 Å². The molecule has 1 aromatic rings. The molecule has 0 bridgehead atoms. The predicted octanol–water partition coefficient (Wildman–Crippen LogP) is 0.133. The van der Waals surface area contributed by atoms with Crippen LogP contribution in [0.4, 0.5) is 0 Å². The fraction of sp³-hybridized carbons (Fsp3) is 0.417. The fourth-order valence-electron chi connectivity index (χ4n) is 2.00. The van der Waals surface area contributed by atoms with Gasteiger partial charge in [-0.3, -0.25) is 19.8 Å². The van der Waals surface area contributed by atoms with Crippen LogP contribution in [0.3, 0.4) is 0 Å². The molecular weight excluding hydrogens is 252 g/mol. The number of imide groups is 1. The number of aryl methyl sites for hydroxylation is 1. The Morgan fingerprint density at radius 2 is 2.26 bits per heavy atom. The monoisotopic (exact) mass is 266 g/mol. The topological polar surface area (TPSA) is 99.9 Å². The van der Waals surface area contributed by atoms with Crippen molar-refractivity contribution < 1.29 is 23.9 Å². The highest BCUT2D eigenvalue weighted by Gasteiger charge is 2.31. The summed E-state index contributed by atoms with van der Waals surface area (Å²) < 4.78 is 5.21. The van der Waals surface area contributed by atoms with Crippen LogP contribution < -0.4 is 5.32 Å². The molecule has 2 heterocycles. The number of piperazine rings is 1. The van der Waals surface area contributed by atoms with E-state index in [1.54, 1.807) is 24.8 Å². The lowest BCUT2D eigenvalue weighted by Gasteiger charge is -2.30. The van der Waals surface area contributed by atoms with Crippen molar-refractivity contribution >= 4 is 17.8 Å². The summed E-state index contributed by atoms with van der Waals surface area (Å²) >= 11 is 0. The summed E-state index contributed by atoms with van der Waals surface area (Å²) in [6, 6.07) is 1.14. The van der Waals surface area contributed by atoms with Crippen LogP contribution in [-0.2, 0) is 16.1 Å². The Hall–Kier alpha value is -2.15. The normalized spacial score (nSPS) is 20.4. The Balaban J connectivity index is 2.16. The van der Waals surface area contributed by atoms with Crippen LogP contribution in [0.5, 0.6) is 0 Å². The molecule has 102 valence electrons. The molecule has 0 saturated carbocycles. The first-order valence-electron chi connectivity index (χ1n) is 5.79. The van der Waals surface area contributed by atoms with Crippen LogP contribution in [0.1, 0.15) is 28.8 Å². The van der Waals surface area contributed by atoms with Crippen LogP contribution in [0.15, 0.2) is 10.5 Å². The van der Waals surface area contributed by atoms with Gasteiger partial charge in [-0.2, -0.15) is 0 Å². The highest BCUT2D eigenvalue weighted by molar-refractivity contribution is 6.00. The maximum atomic E-state index is 11.5. The molecule has 1 saturated heterocycles. The van der Waals surface area contributed by atoms with E-state index in [0.29, 0.717) is 11.3 Å². The molecule has 7 heteroatoms. The summed E-state index contributed by atoms with van der Waals surface area (Å²) in [6.45, 7) is 3.60. The number of carboxylic acid groups (broad SMARTS) is 1. The first kappa shape index (κ1) is 13.3. The van der Waals surface area contributed by atoms with Crippen LogP contribution in [0.2, 0.25) is 0 Å². The Labute approximate surface area is 109 Å². The van der Waals surface area contributed by atoms with Gasteiger partial charge in [0.05, 0.1) is 19.1 Å². The number of hydrogen-bond acceptors (Lipinski definition) is 5. The predicted molar refractivity (Wildman–Crippen MR) is 63.4 cm³/mol. The SMILES string of the molecule is Cc1cc(CN2CC(=O)NC(=O)C2C)oc1C(=O)O. The Kier molecular flexibility index (Phi) is 3.39. The van der Waals surface area contributed by atoms with Crippen LogP contribution in [0.25, 0.3) is 0 Å². The van der Waals surface area contributed by atoms with Crippen molar-refractivity contribution in [2.45, 2.75) is 26.4 Å². The summed E-state index contributed by atoms with van der Waals surface area (Å²) in [7, 11) is 0. The smallest absolute Gasteiger partial charge is 0.372 e. The number of rotatable bonds is 3. The minimum Gasteiger partial charge on any atom is -0.475 e. The summed E-state index contributed by atoms with van der Waals surface area (Å²) in [5.74, 6) is -1.56. The van der Waals surface area contributed by atoms with E-state index in [1.165, 1.54) is 0 Å². The van der Waals surface area contributed by atoms with Crippen molar-refractivity contribution in [1.29, 1.82) is 0 Å². The quantitative estimate of drug-likeness (QED) is 0.754. The Bertz CT molecular complexity index is 548. The van der Waals surface area contributed by atoms with Gasteiger partial charge in [-0.05, 0) is 19.9 Å². The third-order valence-electron chi connectivity index (χ3n) is 3.06. The van der Waals surface area contributed by atoms with Crippen molar-refractivity contribution in [3.8, 4) is 0 Å². The molecule has 1 fully saturated rings. The standard InChI is InChI=1S/C12H14N2O5/c1-6-3-8(19-10(6)12(17)18)4-14-5-9(15)13-11(16)7(14)2/h3,7H,4-5H2,1-2H3,(H,17,18)(H,13,15,16). The minimum atomic E-state index is -1.13. The average Bonchev–Trinajstić information content (AvgIpc) is 2.66. The molecule has 0 aliphatic carbocycles. The van der Waals surface area contributed by atoms with Crippen molar-refractivity contribution in [1.82, 2.24) is 10.2 Å². The number of nitrogens with one attached hydrogen (secondary N) is 1. The lowest BCUT2D eigenvalue weighted by Crippen LogP contribution is -2.56. The van der Waals surface area contributed by atoms with Crippen molar-refractivity contribution in [3.05, 3.63) is 23.2 Å². The van der Waals surface area contributed by atoms with Gasteiger partial charge in [-0.15, -0.1) is 0 Å². The Morgan fingerprint density at radius 1 is 1.58 bits per heavy atom. The maximum Gasteiger partial charge on any atom is 0.372 e. The van der Waals surface area contributed by atoms with Crippen LogP contribution in [0, 0.1) is 6.92 Å². The van der Waals surface area contributed by atoms with E-state index in [-0.39, 0.29) is 30.7 Å². The second-order valence-corrected chi connectivity index (χ2v) is 4.52. The van der Waals surface area contributed by atoms with E-state index in [0.717, 1.165) is 0 Å². The molecule has 1 unspecified atom stereocenters. The van der Waals surface area contributed by atoms with Gasteiger partial charge in [0, 0.05) is 5.56 Å². The lowest BCUT2D eigenvalue weighted by atomic mass is 10.2. The van der Waals surface area contributed by atoms with Gasteiger partial charge in [-0.1, -0.05) is 0 Å². The van der Waals surface area contributed by atoms with Crippen LogP contribution in [-0.4, -0.2) is 40.4 Å². The first-order valence-corrected chi connectivity index (χ1v) is 5.79. The average molecular weight is 266 g/mol. The number of nitrogens with zero attached hydrogens (tertiary/aromatic N) is 1. The van der Waals surface area contributed by atoms with Crippen LogP contribution >= 0.6 is 0 Å². The lowest BCUT2D eigenvalue weighted by molar-refractivity contribution is -0.139. The Morgan fingerprint density at radius 3 is 2.84 bits per heavy atom. The molecule has 19 heavy (non-hydrogen) atoms. The molecule has 1 aliphatic heterocycles. The molecule has 2 rings (SSSR count). The fourth-order valence-corrected chi connectivity index (χ4v) is 2.00. The zero-order chi connectivity index (χ0) is 14.2. The van der Waals surface area contributed by atoms with E-state index < -0.39 is 12.0 Å². The van der Waals surface area contributed by atoms with Crippen molar-refractivity contribution in [3.63, 3.8) is 0 Å². The second-order valence-electron chi connectivity index (χ2n) is 4.52. The number of aromatic carboxylic acids is 1. The number of furan rings is 1. The molecule has 2 N–H and O–H groups in total.